The molecule has 0 fully saturated rings. The van der Waals surface area contributed by atoms with Crippen LogP contribution in [0.5, 0.6) is 0 Å². The first-order valence-corrected chi connectivity index (χ1v) is 8.20. The zero-order valence-corrected chi connectivity index (χ0v) is 14.6. The molecule has 0 unspecified atom stereocenters. The van der Waals surface area contributed by atoms with Crippen LogP contribution in [0.3, 0.4) is 0 Å². The van der Waals surface area contributed by atoms with Crippen molar-refractivity contribution in [3.05, 3.63) is 74.6 Å². The van der Waals surface area contributed by atoms with Gasteiger partial charge in [-0.25, -0.2) is 4.68 Å². The quantitative estimate of drug-likeness (QED) is 0.589. The van der Waals surface area contributed by atoms with Crippen LogP contribution >= 0.6 is 0 Å². The zero-order valence-electron chi connectivity index (χ0n) is 14.6. The molecule has 2 amide bonds. The summed E-state index contributed by atoms with van der Waals surface area (Å²) in [4.78, 5) is 51.1. The molecule has 0 saturated carbocycles. The van der Waals surface area contributed by atoms with Crippen LogP contribution in [0, 0.1) is 0 Å². The number of carbonyl (C=O) groups is 2. The van der Waals surface area contributed by atoms with E-state index in [1.807, 2.05) is 0 Å². The number of fused-ring (bicyclic) bond motifs is 1. The van der Waals surface area contributed by atoms with Gasteiger partial charge in [0.05, 0.1) is 11.4 Å². The Morgan fingerprint density at radius 2 is 1.67 bits per heavy atom. The van der Waals surface area contributed by atoms with Gasteiger partial charge >= 0.3 is 0 Å². The van der Waals surface area contributed by atoms with Crippen LogP contribution in [0.25, 0.3) is 10.8 Å². The van der Waals surface area contributed by atoms with Gasteiger partial charge in [0.2, 0.25) is 0 Å². The van der Waals surface area contributed by atoms with E-state index in [4.69, 9.17) is 0 Å². The van der Waals surface area contributed by atoms with Crippen molar-refractivity contribution >= 4 is 22.6 Å². The number of H-pyrrole nitrogens is 1. The molecule has 0 atom stereocenters. The average molecular weight is 367 g/mol. The van der Waals surface area contributed by atoms with Crippen molar-refractivity contribution in [3.63, 3.8) is 0 Å². The van der Waals surface area contributed by atoms with Crippen molar-refractivity contribution in [2.45, 2.75) is 19.9 Å². The minimum atomic E-state index is -0.772. The molecule has 3 aromatic rings. The Hall–Kier alpha value is -3.75. The smallest absolute Gasteiger partial charge is 0.290 e. The molecule has 3 rings (SSSR count). The van der Waals surface area contributed by atoms with Crippen LogP contribution < -0.4 is 22.0 Å². The second-order valence-electron chi connectivity index (χ2n) is 6.06. The first-order chi connectivity index (χ1) is 12.9. The monoisotopic (exact) mass is 367 g/mol. The van der Waals surface area contributed by atoms with E-state index in [9.17, 15) is 19.2 Å². The molecule has 3 N–H and O–H groups in total. The summed E-state index contributed by atoms with van der Waals surface area (Å²) in [6.07, 6.45) is 1.39. The van der Waals surface area contributed by atoms with E-state index in [1.165, 1.54) is 23.0 Å². The van der Waals surface area contributed by atoms with Crippen LogP contribution in [0.2, 0.25) is 0 Å². The number of aromatic amines is 1. The third kappa shape index (κ3) is 3.47. The molecule has 0 saturated heterocycles. The maximum Gasteiger partial charge on any atom is 0.290 e. The SMILES string of the molecule is CC(C)n1nc(C(=O)NNC(=O)c2ccc[nH]c2=O)c2ccccc2c1=O. The summed E-state index contributed by atoms with van der Waals surface area (Å²) in [6, 6.07) is 9.15. The molecule has 2 heterocycles. The van der Waals surface area contributed by atoms with Crippen molar-refractivity contribution in [3.8, 4) is 0 Å². The lowest BCUT2D eigenvalue weighted by atomic mass is 10.1. The number of hydrazine groups is 1. The van der Waals surface area contributed by atoms with Crippen molar-refractivity contribution in [1.82, 2.24) is 25.6 Å². The van der Waals surface area contributed by atoms with E-state index in [-0.39, 0.29) is 22.9 Å². The normalized spacial score (nSPS) is 10.8. The van der Waals surface area contributed by atoms with Crippen molar-refractivity contribution in [2.24, 2.45) is 0 Å². The third-order valence-electron chi connectivity index (χ3n) is 3.88. The Morgan fingerprint density at radius 3 is 2.33 bits per heavy atom. The van der Waals surface area contributed by atoms with Crippen LogP contribution in [0.1, 0.15) is 40.7 Å². The van der Waals surface area contributed by atoms with E-state index in [0.29, 0.717) is 10.8 Å². The standard InChI is InChI=1S/C18H17N5O4/c1-10(2)23-18(27)12-7-4-3-6-11(12)14(22-23)17(26)21-20-16(25)13-8-5-9-19-15(13)24/h3-10H,1-2H3,(H,19,24)(H,20,25)(H,21,26). The maximum absolute atomic E-state index is 12.6. The fourth-order valence-corrected chi connectivity index (χ4v) is 2.56. The molecule has 9 nitrogen and oxygen atoms in total. The van der Waals surface area contributed by atoms with Gasteiger partial charge < -0.3 is 4.98 Å². The van der Waals surface area contributed by atoms with E-state index in [2.05, 4.69) is 20.9 Å². The summed E-state index contributed by atoms with van der Waals surface area (Å²) in [6.45, 7) is 3.54. The lowest BCUT2D eigenvalue weighted by Gasteiger charge is -2.13. The Morgan fingerprint density at radius 1 is 1.00 bits per heavy atom. The van der Waals surface area contributed by atoms with Gasteiger partial charge in [-0.3, -0.25) is 30.0 Å². The predicted molar refractivity (Wildman–Crippen MR) is 98.4 cm³/mol. The zero-order chi connectivity index (χ0) is 19.6. The highest BCUT2D eigenvalue weighted by Gasteiger charge is 2.19. The van der Waals surface area contributed by atoms with Gasteiger partial charge in [-0.15, -0.1) is 0 Å². The van der Waals surface area contributed by atoms with Gasteiger partial charge in [-0.1, -0.05) is 18.2 Å². The molecule has 0 aliphatic carbocycles. The number of aromatic nitrogens is 3. The summed E-state index contributed by atoms with van der Waals surface area (Å²) in [5.74, 6) is -1.48. The van der Waals surface area contributed by atoms with Crippen LogP contribution in [0.4, 0.5) is 0 Å². The van der Waals surface area contributed by atoms with Gasteiger partial charge in [-0.05, 0) is 32.0 Å². The Labute approximate surface area is 153 Å². The van der Waals surface area contributed by atoms with Gasteiger partial charge in [-0.2, -0.15) is 5.10 Å². The fraction of sp³-hybridized carbons (Fsp3) is 0.167. The van der Waals surface area contributed by atoms with E-state index < -0.39 is 17.4 Å². The summed E-state index contributed by atoms with van der Waals surface area (Å²) in [7, 11) is 0. The summed E-state index contributed by atoms with van der Waals surface area (Å²) < 4.78 is 1.21. The molecule has 0 aliphatic heterocycles. The lowest BCUT2D eigenvalue weighted by Crippen LogP contribution is -2.44. The number of hydrogen-bond acceptors (Lipinski definition) is 5. The molecule has 0 spiro atoms. The number of amides is 2. The molecule has 2 aromatic heterocycles. The largest absolute Gasteiger partial charge is 0.328 e. The van der Waals surface area contributed by atoms with Crippen LogP contribution in [-0.4, -0.2) is 26.6 Å². The van der Waals surface area contributed by atoms with E-state index in [1.54, 1.807) is 38.1 Å². The van der Waals surface area contributed by atoms with Crippen molar-refractivity contribution in [1.29, 1.82) is 0 Å². The van der Waals surface area contributed by atoms with E-state index >= 15 is 0 Å². The average Bonchev–Trinajstić information content (AvgIpc) is 2.66. The molecule has 27 heavy (non-hydrogen) atoms. The highest BCUT2D eigenvalue weighted by molar-refractivity contribution is 6.05. The molecule has 0 bridgehead atoms. The van der Waals surface area contributed by atoms with Crippen LogP contribution in [-0.2, 0) is 0 Å². The Kier molecular flexibility index (Phi) is 4.84. The third-order valence-corrected chi connectivity index (χ3v) is 3.88. The number of pyridine rings is 1. The molecule has 0 radical (unpaired) electrons. The second-order valence-corrected chi connectivity index (χ2v) is 6.06. The van der Waals surface area contributed by atoms with Crippen molar-refractivity contribution < 1.29 is 9.59 Å². The summed E-state index contributed by atoms with van der Waals surface area (Å²) in [5.41, 5.74) is 3.36. The minimum absolute atomic E-state index is 0.0128. The molecular weight excluding hydrogens is 350 g/mol. The fourth-order valence-electron chi connectivity index (χ4n) is 2.56. The number of nitrogens with one attached hydrogen (secondary N) is 3. The number of nitrogens with zero attached hydrogens (tertiary/aromatic N) is 2. The predicted octanol–water partition coefficient (Wildman–Crippen LogP) is 0.740. The molecular formula is C18H17N5O4. The number of carbonyl (C=O) groups excluding carboxylic acids is 2. The number of benzene rings is 1. The summed E-state index contributed by atoms with van der Waals surface area (Å²) >= 11 is 0. The van der Waals surface area contributed by atoms with Gasteiger partial charge in [0.1, 0.15) is 5.56 Å². The topological polar surface area (TPSA) is 126 Å². The molecule has 0 aliphatic rings. The maximum atomic E-state index is 12.6. The second kappa shape index (κ2) is 7.24. The number of rotatable bonds is 3. The van der Waals surface area contributed by atoms with Crippen molar-refractivity contribution in [2.75, 3.05) is 0 Å². The lowest BCUT2D eigenvalue weighted by molar-refractivity contribution is 0.0842. The van der Waals surface area contributed by atoms with Gasteiger partial charge in [0.15, 0.2) is 5.69 Å². The first-order valence-electron chi connectivity index (χ1n) is 8.20. The van der Waals surface area contributed by atoms with Gasteiger partial charge in [0.25, 0.3) is 22.9 Å². The van der Waals surface area contributed by atoms with Gasteiger partial charge in [0, 0.05) is 11.6 Å². The summed E-state index contributed by atoms with van der Waals surface area (Å²) in [5, 5.41) is 4.85. The van der Waals surface area contributed by atoms with E-state index in [0.717, 1.165) is 0 Å². The molecule has 1 aromatic carbocycles. The molecule has 9 heteroatoms. The first kappa shape index (κ1) is 18.1. The Balaban J connectivity index is 1.93. The Bertz CT molecular complexity index is 1150. The minimum Gasteiger partial charge on any atom is -0.328 e. The number of hydrogen-bond donors (Lipinski definition) is 3. The van der Waals surface area contributed by atoms with Crippen LogP contribution in [0.15, 0.2) is 52.2 Å². The molecule has 138 valence electrons. The highest BCUT2D eigenvalue weighted by Crippen LogP contribution is 2.14. The highest BCUT2D eigenvalue weighted by atomic mass is 16.2.